The Morgan fingerprint density at radius 3 is 2.48 bits per heavy atom. The smallest absolute Gasteiger partial charge is 0.307 e. The summed E-state index contributed by atoms with van der Waals surface area (Å²) in [5, 5.41) is 19.2. The monoisotopic (exact) mass is 289 g/mol. The van der Waals surface area contributed by atoms with Gasteiger partial charge in [-0.3, -0.25) is 14.5 Å². The van der Waals surface area contributed by atoms with Crippen molar-refractivity contribution in [2.75, 3.05) is 4.90 Å². The van der Waals surface area contributed by atoms with Gasteiger partial charge in [0.15, 0.2) is 0 Å². The minimum atomic E-state index is -0.883. The summed E-state index contributed by atoms with van der Waals surface area (Å²) < 4.78 is 0. The highest BCUT2D eigenvalue weighted by Crippen LogP contribution is 2.42. The van der Waals surface area contributed by atoms with Crippen LogP contribution in [0.15, 0.2) is 24.3 Å². The third-order valence-corrected chi connectivity index (χ3v) is 4.59. The van der Waals surface area contributed by atoms with Crippen LogP contribution in [0.4, 0.5) is 5.69 Å². The average molecular weight is 289 g/mol. The Hall–Kier alpha value is -1.88. The Labute approximate surface area is 123 Å². The predicted octanol–water partition coefficient (Wildman–Crippen LogP) is 1.79. The standard InChI is InChI=1S/C16H19NO4/c18-14(19)9-10-5-7-11(8-6-10)17-15(20)12-3-1-2-4-13(12)16(17)21/h5-8,12-13,15,20H,1-4,9H2,(H,18,19). The quantitative estimate of drug-likeness (QED) is 0.889. The lowest BCUT2D eigenvalue weighted by atomic mass is 9.81. The fraction of sp³-hybridized carbons (Fsp3) is 0.500. The van der Waals surface area contributed by atoms with Crippen LogP contribution in [-0.2, 0) is 16.0 Å². The van der Waals surface area contributed by atoms with Crippen LogP contribution in [0.25, 0.3) is 0 Å². The molecule has 1 saturated heterocycles. The van der Waals surface area contributed by atoms with Crippen LogP contribution < -0.4 is 4.90 Å². The van der Waals surface area contributed by atoms with E-state index in [1.54, 1.807) is 24.3 Å². The molecule has 1 aliphatic carbocycles. The van der Waals surface area contributed by atoms with Crippen molar-refractivity contribution in [3.63, 3.8) is 0 Å². The number of nitrogens with zero attached hydrogens (tertiary/aromatic N) is 1. The maximum Gasteiger partial charge on any atom is 0.307 e. The second kappa shape index (κ2) is 5.48. The number of anilines is 1. The summed E-state index contributed by atoms with van der Waals surface area (Å²) in [4.78, 5) is 24.6. The average Bonchev–Trinajstić information content (AvgIpc) is 2.72. The molecule has 1 aromatic rings. The molecule has 21 heavy (non-hydrogen) atoms. The molecule has 0 radical (unpaired) electrons. The third-order valence-electron chi connectivity index (χ3n) is 4.59. The molecule has 112 valence electrons. The van der Waals surface area contributed by atoms with Crippen LogP contribution in [0, 0.1) is 11.8 Å². The number of amides is 1. The van der Waals surface area contributed by atoms with Crippen molar-refractivity contribution in [3.05, 3.63) is 29.8 Å². The zero-order valence-electron chi connectivity index (χ0n) is 11.7. The largest absolute Gasteiger partial charge is 0.481 e. The number of fused-ring (bicyclic) bond motifs is 1. The van der Waals surface area contributed by atoms with Gasteiger partial charge in [0.2, 0.25) is 5.91 Å². The molecular weight excluding hydrogens is 270 g/mol. The van der Waals surface area contributed by atoms with Gasteiger partial charge in [-0.2, -0.15) is 0 Å². The maximum atomic E-state index is 12.5. The van der Waals surface area contributed by atoms with Gasteiger partial charge < -0.3 is 10.2 Å². The van der Waals surface area contributed by atoms with Crippen molar-refractivity contribution in [1.82, 2.24) is 0 Å². The van der Waals surface area contributed by atoms with E-state index in [9.17, 15) is 14.7 Å². The Bertz CT molecular complexity index is 554. The van der Waals surface area contributed by atoms with E-state index in [2.05, 4.69) is 0 Å². The van der Waals surface area contributed by atoms with Crippen LogP contribution in [-0.4, -0.2) is 28.3 Å². The van der Waals surface area contributed by atoms with Gasteiger partial charge in [-0.25, -0.2) is 0 Å². The molecule has 0 spiro atoms. The molecule has 2 fully saturated rings. The second-order valence-corrected chi connectivity index (χ2v) is 5.91. The summed E-state index contributed by atoms with van der Waals surface area (Å²) in [6.07, 6.45) is 3.07. The molecule has 3 rings (SSSR count). The van der Waals surface area contributed by atoms with E-state index in [-0.39, 0.29) is 24.2 Å². The highest BCUT2D eigenvalue weighted by molar-refractivity contribution is 5.98. The van der Waals surface area contributed by atoms with Gasteiger partial charge in [0.25, 0.3) is 0 Å². The number of aliphatic hydroxyl groups excluding tert-OH is 1. The summed E-state index contributed by atoms with van der Waals surface area (Å²) in [6, 6.07) is 6.84. The SMILES string of the molecule is O=C(O)Cc1ccc(N2C(=O)C3CCCCC3C2O)cc1. The van der Waals surface area contributed by atoms with Gasteiger partial charge in [0, 0.05) is 17.5 Å². The zero-order valence-corrected chi connectivity index (χ0v) is 11.7. The predicted molar refractivity (Wildman–Crippen MR) is 76.7 cm³/mol. The first-order valence-electron chi connectivity index (χ1n) is 7.40. The molecule has 1 aromatic carbocycles. The van der Waals surface area contributed by atoms with Gasteiger partial charge in [0.1, 0.15) is 6.23 Å². The lowest BCUT2D eigenvalue weighted by Gasteiger charge is -2.25. The maximum absolute atomic E-state index is 12.5. The molecule has 5 nitrogen and oxygen atoms in total. The van der Waals surface area contributed by atoms with Crippen molar-refractivity contribution in [1.29, 1.82) is 0 Å². The van der Waals surface area contributed by atoms with E-state index < -0.39 is 12.2 Å². The minimum Gasteiger partial charge on any atom is -0.481 e. The van der Waals surface area contributed by atoms with Crippen molar-refractivity contribution < 1.29 is 19.8 Å². The summed E-state index contributed by atoms with van der Waals surface area (Å²) in [5.41, 5.74) is 1.33. The number of aliphatic hydroxyl groups is 1. The van der Waals surface area contributed by atoms with Crippen LogP contribution in [0.5, 0.6) is 0 Å². The van der Waals surface area contributed by atoms with Gasteiger partial charge >= 0.3 is 5.97 Å². The molecule has 3 atom stereocenters. The summed E-state index contributed by atoms with van der Waals surface area (Å²) in [6.45, 7) is 0. The zero-order chi connectivity index (χ0) is 15.0. The van der Waals surface area contributed by atoms with Crippen molar-refractivity contribution in [2.45, 2.75) is 38.3 Å². The molecule has 3 unspecified atom stereocenters. The van der Waals surface area contributed by atoms with Crippen LogP contribution in [0.3, 0.4) is 0 Å². The van der Waals surface area contributed by atoms with Crippen LogP contribution in [0.1, 0.15) is 31.2 Å². The first-order chi connectivity index (χ1) is 10.1. The van der Waals surface area contributed by atoms with Crippen molar-refractivity contribution in [2.24, 2.45) is 11.8 Å². The van der Waals surface area contributed by atoms with E-state index >= 15 is 0 Å². The number of rotatable bonds is 3. The van der Waals surface area contributed by atoms with Crippen molar-refractivity contribution >= 4 is 17.6 Å². The van der Waals surface area contributed by atoms with E-state index in [1.807, 2.05) is 0 Å². The highest BCUT2D eigenvalue weighted by atomic mass is 16.4. The number of hydrogen-bond donors (Lipinski definition) is 2. The number of carbonyl (C=O) groups excluding carboxylic acids is 1. The molecule has 5 heteroatoms. The molecular formula is C16H19NO4. The van der Waals surface area contributed by atoms with Crippen molar-refractivity contribution in [3.8, 4) is 0 Å². The molecule has 1 saturated carbocycles. The Balaban J connectivity index is 1.82. The lowest BCUT2D eigenvalue weighted by molar-refractivity contribution is -0.136. The molecule has 0 bridgehead atoms. The highest BCUT2D eigenvalue weighted by Gasteiger charge is 2.48. The first-order valence-corrected chi connectivity index (χ1v) is 7.40. The number of carbonyl (C=O) groups is 2. The van der Waals surface area contributed by atoms with Gasteiger partial charge in [0.05, 0.1) is 6.42 Å². The number of carboxylic acid groups (broad SMARTS) is 1. The lowest BCUT2D eigenvalue weighted by Crippen LogP contribution is -2.35. The minimum absolute atomic E-state index is 0.00168. The second-order valence-electron chi connectivity index (χ2n) is 5.91. The van der Waals surface area contributed by atoms with E-state index in [0.29, 0.717) is 11.3 Å². The Morgan fingerprint density at radius 2 is 1.86 bits per heavy atom. The topological polar surface area (TPSA) is 77.8 Å². The summed E-state index contributed by atoms with van der Waals surface area (Å²) in [5.74, 6) is -0.915. The normalized spacial score (nSPS) is 28.5. The van der Waals surface area contributed by atoms with Gasteiger partial charge in [-0.15, -0.1) is 0 Å². The molecule has 2 aliphatic rings. The Morgan fingerprint density at radius 1 is 1.19 bits per heavy atom. The third kappa shape index (κ3) is 2.53. The van der Waals surface area contributed by atoms with Gasteiger partial charge in [-0.05, 0) is 30.5 Å². The fourth-order valence-corrected chi connectivity index (χ4v) is 3.55. The Kier molecular flexibility index (Phi) is 3.68. The first kappa shape index (κ1) is 14.1. The molecule has 0 aromatic heterocycles. The van der Waals surface area contributed by atoms with E-state index in [0.717, 1.165) is 25.7 Å². The number of benzene rings is 1. The molecule has 2 N–H and O–H groups in total. The summed E-state index contributed by atoms with van der Waals surface area (Å²) in [7, 11) is 0. The molecule has 1 aliphatic heterocycles. The van der Waals surface area contributed by atoms with E-state index in [4.69, 9.17) is 5.11 Å². The number of carboxylic acids is 1. The molecule has 1 amide bonds. The number of hydrogen-bond acceptors (Lipinski definition) is 3. The summed E-state index contributed by atoms with van der Waals surface area (Å²) >= 11 is 0. The van der Waals surface area contributed by atoms with Gasteiger partial charge in [-0.1, -0.05) is 25.0 Å². The van der Waals surface area contributed by atoms with Crippen LogP contribution in [0.2, 0.25) is 0 Å². The number of aliphatic carboxylic acids is 1. The van der Waals surface area contributed by atoms with E-state index in [1.165, 1.54) is 4.90 Å². The molecule has 1 heterocycles. The van der Waals surface area contributed by atoms with Crippen LogP contribution >= 0.6 is 0 Å². The fourth-order valence-electron chi connectivity index (χ4n) is 3.55.